The highest BCUT2D eigenvalue weighted by atomic mass is 35.5. The Morgan fingerprint density at radius 2 is 1.91 bits per heavy atom. The molecule has 0 spiro atoms. The molecular formula is C17H18ClNO3. The molecule has 2 rings (SSSR count). The number of hydrogen-bond donors (Lipinski definition) is 1. The second-order valence-corrected chi connectivity index (χ2v) is 5.22. The van der Waals surface area contributed by atoms with Crippen LogP contribution in [-0.2, 0) is 11.3 Å². The van der Waals surface area contributed by atoms with E-state index in [1.807, 2.05) is 24.3 Å². The Morgan fingerprint density at radius 3 is 2.59 bits per heavy atom. The van der Waals surface area contributed by atoms with Crippen LogP contribution < -0.4 is 14.8 Å². The van der Waals surface area contributed by atoms with Crippen LogP contribution >= 0.6 is 11.6 Å². The van der Waals surface area contributed by atoms with E-state index in [1.54, 1.807) is 38.3 Å². The molecule has 0 heterocycles. The van der Waals surface area contributed by atoms with Crippen LogP contribution in [0.15, 0.2) is 48.5 Å². The monoisotopic (exact) mass is 319 g/mol. The number of carbonyl (C=O) groups excluding carboxylic acids is 1. The largest absolute Gasteiger partial charge is 0.497 e. The smallest absolute Gasteiger partial charge is 0.261 e. The predicted octanol–water partition coefficient (Wildman–Crippen LogP) is 3.43. The first-order valence-corrected chi connectivity index (χ1v) is 7.29. The third-order valence-electron chi connectivity index (χ3n) is 3.10. The van der Waals surface area contributed by atoms with Gasteiger partial charge in [0.05, 0.1) is 7.11 Å². The first kappa shape index (κ1) is 16.2. The standard InChI is InChI=1S/C17H18ClNO3/c1-12(22-15-8-6-14(18)7-9-15)17(20)19-11-13-4-3-5-16(10-13)21-2/h3-10,12H,11H2,1-2H3,(H,19,20)/t12-/m1/s1. The summed E-state index contributed by atoms with van der Waals surface area (Å²) in [6.07, 6.45) is -0.591. The van der Waals surface area contributed by atoms with Gasteiger partial charge < -0.3 is 14.8 Å². The zero-order chi connectivity index (χ0) is 15.9. The van der Waals surface area contributed by atoms with Gasteiger partial charge in [0.25, 0.3) is 5.91 Å². The molecule has 0 bridgehead atoms. The molecule has 0 saturated heterocycles. The zero-order valence-corrected chi connectivity index (χ0v) is 13.3. The van der Waals surface area contributed by atoms with Crippen molar-refractivity contribution in [3.8, 4) is 11.5 Å². The molecule has 0 radical (unpaired) electrons. The minimum Gasteiger partial charge on any atom is -0.497 e. The van der Waals surface area contributed by atoms with E-state index in [0.717, 1.165) is 11.3 Å². The molecule has 4 nitrogen and oxygen atoms in total. The second-order valence-electron chi connectivity index (χ2n) is 4.78. The van der Waals surface area contributed by atoms with Crippen LogP contribution in [-0.4, -0.2) is 19.1 Å². The van der Waals surface area contributed by atoms with Crippen LogP contribution in [0.25, 0.3) is 0 Å². The van der Waals surface area contributed by atoms with E-state index in [0.29, 0.717) is 17.3 Å². The van der Waals surface area contributed by atoms with Crippen LogP contribution in [0.4, 0.5) is 0 Å². The molecule has 0 fully saturated rings. The van der Waals surface area contributed by atoms with Crippen molar-refractivity contribution in [2.45, 2.75) is 19.6 Å². The maximum Gasteiger partial charge on any atom is 0.261 e. The Morgan fingerprint density at radius 1 is 1.18 bits per heavy atom. The van der Waals surface area contributed by atoms with E-state index in [9.17, 15) is 4.79 Å². The SMILES string of the molecule is COc1cccc(CNC(=O)[C@@H](C)Oc2ccc(Cl)cc2)c1. The van der Waals surface area contributed by atoms with E-state index in [2.05, 4.69) is 5.32 Å². The molecular weight excluding hydrogens is 302 g/mol. The van der Waals surface area contributed by atoms with Gasteiger partial charge in [0.15, 0.2) is 6.10 Å². The van der Waals surface area contributed by atoms with Gasteiger partial charge in [0.2, 0.25) is 0 Å². The highest BCUT2D eigenvalue weighted by molar-refractivity contribution is 6.30. The number of carbonyl (C=O) groups is 1. The van der Waals surface area contributed by atoms with Gasteiger partial charge in [-0.15, -0.1) is 0 Å². The van der Waals surface area contributed by atoms with Crippen LogP contribution in [0, 0.1) is 0 Å². The molecule has 1 atom stereocenters. The van der Waals surface area contributed by atoms with Crippen LogP contribution in [0.2, 0.25) is 5.02 Å². The maximum atomic E-state index is 12.0. The molecule has 116 valence electrons. The summed E-state index contributed by atoms with van der Waals surface area (Å²) in [5.41, 5.74) is 0.964. The first-order chi connectivity index (χ1) is 10.6. The fourth-order valence-corrected chi connectivity index (χ4v) is 2.01. The third-order valence-corrected chi connectivity index (χ3v) is 3.35. The van der Waals surface area contributed by atoms with Crippen LogP contribution in [0.1, 0.15) is 12.5 Å². The quantitative estimate of drug-likeness (QED) is 0.887. The fourth-order valence-electron chi connectivity index (χ4n) is 1.89. The minimum absolute atomic E-state index is 0.183. The van der Waals surface area contributed by atoms with Crippen molar-refractivity contribution in [1.29, 1.82) is 0 Å². The summed E-state index contributed by atoms with van der Waals surface area (Å²) in [6.45, 7) is 2.12. The number of halogens is 1. The van der Waals surface area contributed by atoms with Crippen molar-refractivity contribution in [2.75, 3.05) is 7.11 Å². The van der Waals surface area contributed by atoms with Crippen molar-refractivity contribution in [3.05, 3.63) is 59.1 Å². The molecule has 1 N–H and O–H groups in total. The molecule has 0 aliphatic heterocycles. The van der Waals surface area contributed by atoms with Gasteiger partial charge in [-0.25, -0.2) is 0 Å². The van der Waals surface area contributed by atoms with Gasteiger partial charge in [-0.1, -0.05) is 23.7 Å². The first-order valence-electron chi connectivity index (χ1n) is 6.91. The van der Waals surface area contributed by atoms with E-state index in [4.69, 9.17) is 21.1 Å². The van der Waals surface area contributed by atoms with Crippen LogP contribution in [0.5, 0.6) is 11.5 Å². The Hall–Kier alpha value is -2.20. The fraction of sp³-hybridized carbons (Fsp3) is 0.235. The van der Waals surface area contributed by atoms with Crippen molar-refractivity contribution in [3.63, 3.8) is 0 Å². The van der Waals surface area contributed by atoms with Crippen LogP contribution in [0.3, 0.4) is 0 Å². The number of amides is 1. The lowest BCUT2D eigenvalue weighted by Gasteiger charge is -2.15. The topological polar surface area (TPSA) is 47.6 Å². The van der Waals surface area contributed by atoms with E-state index in [1.165, 1.54) is 0 Å². The molecule has 0 aliphatic carbocycles. The maximum absolute atomic E-state index is 12.0. The molecule has 2 aromatic rings. The predicted molar refractivity (Wildman–Crippen MR) is 86.4 cm³/mol. The summed E-state index contributed by atoms with van der Waals surface area (Å²) in [5, 5.41) is 3.46. The summed E-state index contributed by atoms with van der Waals surface area (Å²) in [7, 11) is 1.61. The molecule has 0 unspecified atom stereocenters. The van der Waals surface area contributed by atoms with Crippen molar-refractivity contribution < 1.29 is 14.3 Å². The van der Waals surface area contributed by atoms with E-state index < -0.39 is 6.10 Å². The van der Waals surface area contributed by atoms with Gasteiger partial charge in [0.1, 0.15) is 11.5 Å². The number of nitrogens with one attached hydrogen (secondary N) is 1. The third kappa shape index (κ3) is 4.67. The van der Waals surface area contributed by atoms with Crippen molar-refractivity contribution in [2.24, 2.45) is 0 Å². The van der Waals surface area contributed by atoms with Gasteiger partial charge in [-0.2, -0.15) is 0 Å². The Kier molecular flexibility index (Phi) is 5.67. The summed E-state index contributed by atoms with van der Waals surface area (Å²) in [4.78, 5) is 12.0. The summed E-state index contributed by atoms with van der Waals surface area (Å²) >= 11 is 5.81. The zero-order valence-electron chi connectivity index (χ0n) is 12.5. The molecule has 0 aromatic heterocycles. The minimum atomic E-state index is -0.591. The molecule has 22 heavy (non-hydrogen) atoms. The number of methoxy groups -OCH3 is 1. The number of ether oxygens (including phenoxy) is 2. The lowest BCUT2D eigenvalue weighted by Crippen LogP contribution is -2.35. The Balaban J connectivity index is 1.86. The second kappa shape index (κ2) is 7.71. The van der Waals surface area contributed by atoms with Gasteiger partial charge in [-0.3, -0.25) is 4.79 Å². The van der Waals surface area contributed by atoms with Crippen molar-refractivity contribution >= 4 is 17.5 Å². The normalized spacial score (nSPS) is 11.6. The van der Waals surface area contributed by atoms with Gasteiger partial charge in [0, 0.05) is 11.6 Å². The lowest BCUT2D eigenvalue weighted by atomic mass is 10.2. The van der Waals surface area contributed by atoms with Gasteiger partial charge in [-0.05, 0) is 48.9 Å². The van der Waals surface area contributed by atoms with Gasteiger partial charge >= 0.3 is 0 Å². The molecule has 2 aromatic carbocycles. The number of rotatable bonds is 6. The average Bonchev–Trinajstić information content (AvgIpc) is 2.54. The molecule has 1 amide bonds. The Labute approximate surface area is 135 Å². The summed E-state index contributed by atoms with van der Waals surface area (Å²) in [5.74, 6) is 1.18. The van der Waals surface area contributed by atoms with E-state index in [-0.39, 0.29) is 5.91 Å². The highest BCUT2D eigenvalue weighted by Gasteiger charge is 2.14. The van der Waals surface area contributed by atoms with E-state index >= 15 is 0 Å². The van der Waals surface area contributed by atoms with Crippen molar-refractivity contribution in [1.82, 2.24) is 5.32 Å². The molecule has 0 aliphatic rings. The lowest BCUT2D eigenvalue weighted by molar-refractivity contribution is -0.127. The highest BCUT2D eigenvalue weighted by Crippen LogP contribution is 2.17. The Bertz CT molecular complexity index is 628. The molecule has 5 heteroatoms. The average molecular weight is 320 g/mol. The number of hydrogen-bond acceptors (Lipinski definition) is 3. The number of benzene rings is 2. The molecule has 0 saturated carbocycles. The summed E-state index contributed by atoms with van der Waals surface area (Å²) in [6, 6.07) is 14.4. The summed E-state index contributed by atoms with van der Waals surface area (Å²) < 4.78 is 10.7.